The molecule has 4 rings (SSSR count). The van der Waals surface area contributed by atoms with Crippen LogP contribution in [0.4, 0.5) is 5.69 Å². The Bertz CT molecular complexity index is 1210. The number of amides is 1. The normalized spacial score (nSPS) is 11.6. The van der Waals surface area contributed by atoms with Crippen molar-refractivity contribution in [1.29, 1.82) is 0 Å². The molecular weight excluding hydrogens is 374 g/mol. The number of carbonyl (C=O) groups is 1. The largest absolute Gasteiger partial charge is 0.426 e. The lowest BCUT2D eigenvalue weighted by molar-refractivity contribution is 0.102. The molecule has 2 N–H and O–H groups in total. The number of benzene rings is 3. The van der Waals surface area contributed by atoms with E-state index in [1.807, 2.05) is 61.5 Å². The molecule has 1 heterocycles. The molecule has 0 fully saturated rings. The van der Waals surface area contributed by atoms with Crippen molar-refractivity contribution in [3.05, 3.63) is 83.4 Å². The number of nitrogens with zero attached hydrogens (tertiary/aromatic N) is 2. The van der Waals surface area contributed by atoms with E-state index >= 15 is 0 Å². The van der Waals surface area contributed by atoms with Gasteiger partial charge in [-0.2, -0.15) is 4.73 Å². The molecule has 0 aliphatic heterocycles. The third-order valence-electron chi connectivity index (χ3n) is 5.20. The summed E-state index contributed by atoms with van der Waals surface area (Å²) in [7, 11) is 0. The Kier molecular flexibility index (Phi) is 4.82. The van der Waals surface area contributed by atoms with Gasteiger partial charge in [0.25, 0.3) is 5.91 Å². The first-order chi connectivity index (χ1) is 14.2. The summed E-state index contributed by atoms with van der Waals surface area (Å²) in [5, 5.41) is 13.4. The molecule has 30 heavy (non-hydrogen) atoms. The molecule has 1 amide bonds. The zero-order valence-electron chi connectivity index (χ0n) is 17.6. The summed E-state index contributed by atoms with van der Waals surface area (Å²) in [6.45, 7) is 8.41. The highest BCUT2D eigenvalue weighted by atomic mass is 16.5. The zero-order chi connectivity index (χ0) is 21.5. The van der Waals surface area contributed by atoms with Crippen LogP contribution in [0.3, 0.4) is 0 Å². The molecule has 0 saturated heterocycles. The second kappa shape index (κ2) is 7.34. The van der Waals surface area contributed by atoms with Gasteiger partial charge in [-0.15, -0.1) is 0 Å². The lowest BCUT2D eigenvalue weighted by Crippen LogP contribution is -2.14. The topological polar surface area (TPSA) is 67.2 Å². The molecule has 5 nitrogen and oxygen atoms in total. The van der Waals surface area contributed by atoms with Crippen LogP contribution in [0.25, 0.3) is 22.4 Å². The SMILES string of the molecule is Cc1ccc2nc(-c3ccc(NC(=O)c4ccc(C(C)(C)C)cc4)cc3)n(O)c2c1. The summed E-state index contributed by atoms with van der Waals surface area (Å²) >= 11 is 0. The highest BCUT2D eigenvalue weighted by molar-refractivity contribution is 6.04. The van der Waals surface area contributed by atoms with Gasteiger partial charge in [0.1, 0.15) is 5.52 Å². The fourth-order valence-corrected chi connectivity index (χ4v) is 3.39. The van der Waals surface area contributed by atoms with Crippen molar-refractivity contribution in [3.8, 4) is 11.4 Å². The molecule has 0 spiro atoms. The fourth-order valence-electron chi connectivity index (χ4n) is 3.39. The lowest BCUT2D eigenvalue weighted by Gasteiger charge is -2.19. The average molecular weight is 399 g/mol. The highest BCUT2D eigenvalue weighted by Gasteiger charge is 2.15. The number of nitrogens with one attached hydrogen (secondary N) is 1. The van der Waals surface area contributed by atoms with Crippen molar-refractivity contribution in [2.24, 2.45) is 0 Å². The van der Waals surface area contributed by atoms with Crippen LogP contribution in [0.5, 0.6) is 0 Å². The third-order valence-corrected chi connectivity index (χ3v) is 5.20. The van der Waals surface area contributed by atoms with E-state index in [4.69, 9.17) is 0 Å². The fraction of sp³-hybridized carbons (Fsp3) is 0.200. The highest BCUT2D eigenvalue weighted by Crippen LogP contribution is 2.26. The van der Waals surface area contributed by atoms with Gasteiger partial charge < -0.3 is 10.5 Å². The minimum Gasteiger partial charge on any atom is -0.426 e. The van der Waals surface area contributed by atoms with Crippen LogP contribution in [-0.2, 0) is 5.41 Å². The quantitative estimate of drug-likeness (QED) is 0.428. The smallest absolute Gasteiger partial charge is 0.255 e. The van der Waals surface area contributed by atoms with Crippen LogP contribution < -0.4 is 5.32 Å². The number of hydrogen-bond acceptors (Lipinski definition) is 3. The van der Waals surface area contributed by atoms with Gasteiger partial charge in [0.05, 0.1) is 5.52 Å². The summed E-state index contributed by atoms with van der Waals surface area (Å²) in [5.41, 5.74) is 5.74. The number of aryl methyl sites for hydroxylation is 1. The Labute approximate surface area is 176 Å². The predicted molar refractivity (Wildman–Crippen MR) is 120 cm³/mol. The Balaban J connectivity index is 1.53. The van der Waals surface area contributed by atoms with Crippen LogP contribution in [0.15, 0.2) is 66.7 Å². The van der Waals surface area contributed by atoms with Crippen molar-refractivity contribution in [2.45, 2.75) is 33.1 Å². The number of anilines is 1. The van der Waals surface area contributed by atoms with Gasteiger partial charge in [-0.05, 0) is 72.0 Å². The van der Waals surface area contributed by atoms with Gasteiger partial charge in [0.2, 0.25) is 0 Å². The summed E-state index contributed by atoms with van der Waals surface area (Å²) < 4.78 is 1.10. The van der Waals surface area contributed by atoms with E-state index in [9.17, 15) is 10.0 Å². The second-order valence-corrected chi connectivity index (χ2v) is 8.60. The first kappa shape index (κ1) is 19.7. The average Bonchev–Trinajstić information content (AvgIpc) is 3.04. The molecule has 0 bridgehead atoms. The van der Waals surface area contributed by atoms with Crippen molar-refractivity contribution in [1.82, 2.24) is 9.71 Å². The van der Waals surface area contributed by atoms with Gasteiger partial charge in [-0.1, -0.05) is 39.0 Å². The number of fused-ring (bicyclic) bond motifs is 1. The molecule has 3 aromatic carbocycles. The van der Waals surface area contributed by atoms with Gasteiger partial charge in [-0.25, -0.2) is 4.98 Å². The summed E-state index contributed by atoms with van der Waals surface area (Å²) in [6.07, 6.45) is 0. The summed E-state index contributed by atoms with van der Waals surface area (Å²) in [4.78, 5) is 17.1. The minimum absolute atomic E-state index is 0.0484. The van der Waals surface area contributed by atoms with E-state index in [1.165, 1.54) is 5.56 Å². The van der Waals surface area contributed by atoms with Crippen molar-refractivity contribution < 1.29 is 10.0 Å². The minimum atomic E-state index is -0.159. The maximum atomic E-state index is 12.6. The van der Waals surface area contributed by atoms with E-state index in [2.05, 4.69) is 31.1 Å². The monoisotopic (exact) mass is 399 g/mol. The molecule has 0 atom stereocenters. The van der Waals surface area contributed by atoms with Crippen molar-refractivity contribution >= 4 is 22.6 Å². The molecule has 0 unspecified atom stereocenters. The maximum absolute atomic E-state index is 12.6. The van der Waals surface area contributed by atoms with E-state index < -0.39 is 0 Å². The molecule has 4 aromatic rings. The molecule has 0 saturated carbocycles. The van der Waals surface area contributed by atoms with Crippen LogP contribution in [-0.4, -0.2) is 20.8 Å². The Morgan fingerprint density at radius 3 is 2.27 bits per heavy atom. The van der Waals surface area contributed by atoms with Gasteiger partial charge >= 0.3 is 0 Å². The number of imidazole rings is 1. The number of hydrogen-bond donors (Lipinski definition) is 2. The molecule has 152 valence electrons. The van der Waals surface area contributed by atoms with Crippen LogP contribution in [0.2, 0.25) is 0 Å². The molecular formula is C25H25N3O2. The van der Waals surface area contributed by atoms with Crippen LogP contribution in [0.1, 0.15) is 42.3 Å². The van der Waals surface area contributed by atoms with Crippen molar-refractivity contribution in [3.63, 3.8) is 0 Å². The Morgan fingerprint density at radius 1 is 0.967 bits per heavy atom. The van der Waals surface area contributed by atoms with Crippen LogP contribution >= 0.6 is 0 Å². The van der Waals surface area contributed by atoms with Crippen molar-refractivity contribution in [2.75, 3.05) is 5.32 Å². The standard InChI is InChI=1S/C25H25N3O2/c1-16-5-14-21-22(15-16)28(30)23(27-21)17-8-12-20(13-9-17)26-24(29)18-6-10-19(11-7-18)25(2,3)4/h5-15,30H,1-4H3,(H,26,29). The number of aromatic nitrogens is 2. The maximum Gasteiger partial charge on any atom is 0.255 e. The van der Waals surface area contributed by atoms with Gasteiger partial charge in [0, 0.05) is 16.8 Å². The van der Waals surface area contributed by atoms with E-state index in [-0.39, 0.29) is 11.3 Å². The zero-order valence-corrected chi connectivity index (χ0v) is 17.6. The third kappa shape index (κ3) is 3.79. The van der Waals surface area contributed by atoms with Crippen LogP contribution in [0, 0.1) is 6.92 Å². The molecule has 0 radical (unpaired) electrons. The molecule has 0 aliphatic carbocycles. The lowest BCUT2D eigenvalue weighted by atomic mass is 9.87. The number of carbonyl (C=O) groups excluding carboxylic acids is 1. The molecule has 5 heteroatoms. The summed E-state index contributed by atoms with van der Waals surface area (Å²) in [6, 6.07) is 20.7. The molecule has 1 aromatic heterocycles. The van der Waals surface area contributed by atoms with Gasteiger partial charge in [-0.3, -0.25) is 4.79 Å². The first-order valence-corrected chi connectivity index (χ1v) is 9.93. The Morgan fingerprint density at radius 2 is 1.63 bits per heavy atom. The summed E-state index contributed by atoms with van der Waals surface area (Å²) in [5.74, 6) is 0.305. The predicted octanol–water partition coefficient (Wildman–Crippen LogP) is 5.80. The second-order valence-electron chi connectivity index (χ2n) is 8.60. The number of rotatable bonds is 3. The van der Waals surface area contributed by atoms with E-state index in [1.54, 1.807) is 12.1 Å². The Hall–Kier alpha value is -3.60. The first-order valence-electron chi connectivity index (χ1n) is 9.93. The van der Waals surface area contributed by atoms with E-state index in [0.717, 1.165) is 21.4 Å². The molecule has 0 aliphatic rings. The van der Waals surface area contributed by atoms with Gasteiger partial charge in [0.15, 0.2) is 5.82 Å². The van der Waals surface area contributed by atoms with E-state index in [0.29, 0.717) is 22.6 Å².